The van der Waals surface area contributed by atoms with Crippen molar-refractivity contribution in [1.82, 2.24) is 0 Å². The smallest absolute Gasteiger partial charge is 0.303 e. The van der Waals surface area contributed by atoms with Crippen LogP contribution in [0, 0.1) is 0 Å². The number of aliphatic carboxylic acids is 1. The first-order valence-electron chi connectivity index (χ1n) is 8.23. The van der Waals surface area contributed by atoms with E-state index in [9.17, 15) is 4.79 Å². The molecule has 122 valence electrons. The van der Waals surface area contributed by atoms with Crippen molar-refractivity contribution in [3.63, 3.8) is 0 Å². The van der Waals surface area contributed by atoms with Crippen LogP contribution in [0.4, 0.5) is 0 Å². The Morgan fingerprint density at radius 1 is 0.957 bits per heavy atom. The molecule has 23 heavy (non-hydrogen) atoms. The van der Waals surface area contributed by atoms with Gasteiger partial charge in [-0.15, -0.1) is 0 Å². The van der Waals surface area contributed by atoms with Gasteiger partial charge in [0.15, 0.2) is 0 Å². The summed E-state index contributed by atoms with van der Waals surface area (Å²) >= 11 is 0. The number of hydrogen-bond donors (Lipinski definition) is 1. The number of aryl methyl sites for hydroxylation is 1. The molecule has 0 aliphatic carbocycles. The summed E-state index contributed by atoms with van der Waals surface area (Å²) < 4.78 is 5.72. The molecule has 0 bridgehead atoms. The average Bonchev–Trinajstić information content (AvgIpc) is 2.58. The van der Waals surface area contributed by atoms with E-state index in [1.807, 2.05) is 36.4 Å². The van der Waals surface area contributed by atoms with Gasteiger partial charge in [-0.2, -0.15) is 0 Å². The number of carbonyl (C=O) groups is 1. The van der Waals surface area contributed by atoms with E-state index in [0.29, 0.717) is 6.42 Å². The molecule has 2 aromatic carbocycles. The third-order valence-electron chi connectivity index (χ3n) is 3.79. The molecule has 0 saturated carbocycles. The fourth-order valence-corrected chi connectivity index (χ4v) is 2.40. The fraction of sp³-hybridized carbons (Fsp3) is 0.350. The van der Waals surface area contributed by atoms with Gasteiger partial charge >= 0.3 is 5.97 Å². The van der Waals surface area contributed by atoms with Gasteiger partial charge in [0, 0.05) is 6.42 Å². The number of ether oxygens (including phenoxy) is 1. The van der Waals surface area contributed by atoms with E-state index in [1.165, 1.54) is 12.8 Å². The van der Waals surface area contributed by atoms with Crippen LogP contribution in [0.3, 0.4) is 0 Å². The van der Waals surface area contributed by atoms with Crippen LogP contribution in [0.5, 0.6) is 5.75 Å². The zero-order valence-electron chi connectivity index (χ0n) is 13.6. The van der Waals surface area contributed by atoms with Crippen molar-refractivity contribution in [2.24, 2.45) is 0 Å². The monoisotopic (exact) mass is 312 g/mol. The molecule has 0 fully saturated rings. The van der Waals surface area contributed by atoms with Crippen molar-refractivity contribution in [1.29, 1.82) is 0 Å². The molecule has 0 radical (unpaired) electrons. The van der Waals surface area contributed by atoms with Crippen LogP contribution in [0.1, 0.15) is 38.2 Å². The van der Waals surface area contributed by atoms with Crippen molar-refractivity contribution >= 4 is 5.97 Å². The molecule has 0 aromatic heterocycles. The number of carboxylic acids is 1. The summed E-state index contributed by atoms with van der Waals surface area (Å²) in [5.41, 5.74) is 3.31. The summed E-state index contributed by atoms with van der Waals surface area (Å²) in [7, 11) is 0. The maximum Gasteiger partial charge on any atom is 0.303 e. The predicted octanol–water partition coefficient (Wildman–Crippen LogP) is 4.94. The Labute approximate surface area is 137 Å². The zero-order chi connectivity index (χ0) is 16.5. The lowest BCUT2D eigenvalue weighted by Crippen LogP contribution is -1.97. The fourth-order valence-electron chi connectivity index (χ4n) is 2.40. The minimum atomic E-state index is -0.761. The normalized spacial score (nSPS) is 10.5. The lowest BCUT2D eigenvalue weighted by molar-refractivity contribution is -0.136. The summed E-state index contributed by atoms with van der Waals surface area (Å²) in [6, 6.07) is 16.2. The molecule has 0 saturated heterocycles. The van der Waals surface area contributed by atoms with Gasteiger partial charge < -0.3 is 9.84 Å². The van der Waals surface area contributed by atoms with Gasteiger partial charge in [0.25, 0.3) is 0 Å². The van der Waals surface area contributed by atoms with E-state index in [4.69, 9.17) is 9.84 Å². The lowest BCUT2D eigenvalue weighted by Gasteiger charge is -2.08. The molecule has 3 nitrogen and oxygen atoms in total. The molecular formula is C20H24O3. The van der Waals surface area contributed by atoms with Gasteiger partial charge in [0.1, 0.15) is 5.75 Å². The maximum atomic E-state index is 10.6. The van der Waals surface area contributed by atoms with E-state index >= 15 is 0 Å². The van der Waals surface area contributed by atoms with Gasteiger partial charge in [-0.1, -0.05) is 56.2 Å². The minimum absolute atomic E-state index is 0.170. The minimum Gasteiger partial charge on any atom is -0.494 e. The Balaban J connectivity index is 1.92. The highest BCUT2D eigenvalue weighted by Crippen LogP contribution is 2.23. The first kappa shape index (κ1) is 17.1. The van der Waals surface area contributed by atoms with Crippen molar-refractivity contribution in [2.45, 2.75) is 39.0 Å². The Bertz CT molecular complexity index is 600. The lowest BCUT2D eigenvalue weighted by atomic mass is 10.0. The zero-order valence-corrected chi connectivity index (χ0v) is 13.6. The van der Waals surface area contributed by atoms with Crippen molar-refractivity contribution in [2.75, 3.05) is 6.61 Å². The average molecular weight is 312 g/mol. The first-order valence-corrected chi connectivity index (χ1v) is 8.23. The van der Waals surface area contributed by atoms with Crippen molar-refractivity contribution < 1.29 is 14.6 Å². The topological polar surface area (TPSA) is 46.5 Å². The highest BCUT2D eigenvalue weighted by Gasteiger charge is 2.02. The van der Waals surface area contributed by atoms with E-state index < -0.39 is 5.97 Å². The largest absolute Gasteiger partial charge is 0.494 e. The third kappa shape index (κ3) is 5.78. The van der Waals surface area contributed by atoms with Crippen molar-refractivity contribution in [3.8, 4) is 16.9 Å². The SMILES string of the molecule is CCCCCOc1ccc(-c2ccc(CCC(=O)O)cc2)cc1. The molecule has 0 aliphatic rings. The maximum absolute atomic E-state index is 10.6. The third-order valence-corrected chi connectivity index (χ3v) is 3.79. The molecule has 1 N–H and O–H groups in total. The van der Waals surface area contributed by atoms with E-state index in [-0.39, 0.29) is 6.42 Å². The Morgan fingerprint density at radius 3 is 2.13 bits per heavy atom. The predicted molar refractivity (Wildman–Crippen MR) is 92.9 cm³/mol. The highest BCUT2D eigenvalue weighted by molar-refractivity contribution is 5.67. The summed E-state index contributed by atoms with van der Waals surface area (Å²) in [4.78, 5) is 10.6. The van der Waals surface area contributed by atoms with Crippen LogP contribution in [0.15, 0.2) is 48.5 Å². The Morgan fingerprint density at radius 2 is 1.57 bits per heavy atom. The molecule has 0 heterocycles. The van der Waals surface area contributed by atoms with Crippen LogP contribution >= 0.6 is 0 Å². The number of unbranched alkanes of at least 4 members (excludes halogenated alkanes) is 2. The summed E-state index contributed by atoms with van der Waals surface area (Å²) in [5.74, 6) is 0.145. The number of benzene rings is 2. The summed E-state index contributed by atoms with van der Waals surface area (Å²) in [6.07, 6.45) is 4.23. The van der Waals surface area contributed by atoms with Gasteiger partial charge in [0.2, 0.25) is 0 Å². The van der Waals surface area contributed by atoms with Gasteiger partial charge in [0.05, 0.1) is 6.61 Å². The molecule has 0 aliphatic heterocycles. The molecule has 0 unspecified atom stereocenters. The molecule has 2 aromatic rings. The summed E-state index contributed by atoms with van der Waals surface area (Å²) in [5, 5.41) is 8.71. The van der Waals surface area contributed by atoms with Crippen LogP contribution in [0.25, 0.3) is 11.1 Å². The van der Waals surface area contributed by atoms with Crippen LogP contribution in [-0.4, -0.2) is 17.7 Å². The number of carboxylic acid groups (broad SMARTS) is 1. The highest BCUT2D eigenvalue weighted by atomic mass is 16.5. The van der Waals surface area contributed by atoms with E-state index in [2.05, 4.69) is 19.1 Å². The van der Waals surface area contributed by atoms with Crippen LogP contribution in [-0.2, 0) is 11.2 Å². The second-order valence-corrected chi connectivity index (χ2v) is 5.67. The Kier molecular flexibility index (Phi) is 6.67. The van der Waals surface area contributed by atoms with Crippen molar-refractivity contribution in [3.05, 3.63) is 54.1 Å². The second-order valence-electron chi connectivity index (χ2n) is 5.67. The number of rotatable bonds is 9. The summed E-state index contributed by atoms with van der Waals surface area (Å²) in [6.45, 7) is 2.95. The molecule has 2 rings (SSSR count). The molecule has 0 spiro atoms. The van der Waals surface area contributed by atoms with Gasteiger partial charge in [-0.25, -0.2) is 0 Å². The van der Waals surface area contributed by atoms with Crippen LogP contribution in [0.2, 0.25) is 0 Å². The first-order chi connectivity index (χ1) is 11.2. The molecule has 3 heteroatoms. The second kappa shape index (κ2) is 8.99. The van der Waals surface area contributed by atoms with E-state index in [1.54, 1.807) is 0 Å². The van der Waals surface area contributed by atoms with Crippen LogP contribution < -0.4 is 4.74 Å². The molecule has 0 atom stereocenters. The standard InChI is InChI=1S/C20H24O3/c1-2-3-4-15-23-19-12-10-18(11-13-19)17-8-5-16(6-9-17)7-14-20(21)22/h5-6,8-13H,2-4,7,14-15H2,1H3,(H,21,22). The quantitative estimate of drug-likeness (QED) is 0.667. The number of hydrogen-bond acceptors (Lipinski definition) is 2. The molecule has 0 amide bonds. The molecular weight excluding hydrogens is 288 g/mol. The van der Waals surface area contributed by atoms with Gasteiger partial charge in [-0.05, 0) is 41.7 Å². The van der Waals surface area contributed by atoms with E-state index in [0.717, 1.165) is 35.5 Å². The van der Waals surface area contributed by atoms with Gasteiger partial charge in [-0.3, -0.25) is 4.79 Å². The Hall–Kier alpha value is -2.29.